The van der Waals surface area contributed by atoms with Crippen molar-refractivity contribution >= 4 is 5.91 Å². The molecule has 1 aliphatic heterocycles. The van der Waals surface area contributed by atoms with Crippen molar-refractivity contribution in [3.05, 3.63) is 23.8 Å². The van der Waals surface area contributed by atoms with Crippen molar-refractivity contribution in [2.75, 3.05) is 13.2 Å². The van der Waals surface area contributed by atoms with Crippen LogP contribution in [0.3, 0.4) is 0 Å². The van der Waals surface area contributed by atoms with Crippen LogP contribution in [-0.2, 0) is 11.3 Å². The number of benzene rings is 1. The van der Waals surface area contributed by atoms with E-state index in [1.54, 1.807) is 0 Å². The molecule has 0 spiro atoms. The Hall–Kier alpha value is -1.75. The Morgan fingerprint density at radius 2 is 2.00 bits per heavy atom. The number of nitrogens with two attached hydrogens (primary N) is 1. The third-order valence-electron chi connectivity index (χ3n) is 3.96. The van der Waals surface area contributed by atoms with Crippen LogP contribution in [0.15, 0.2) is 18.2 Å². The molecule has 1 aliphatic carbocycles. The molecule has 1 aromatic carbocycles. The summed E-state index contributed by atoms with van der Waals surface area (Å²) in [5.41, 5.74) is 6.80. The number of nitrogens with one attached hydrogen (secondary N) is 1. The van der Waals surface area contributed by atoms with Crippen LogP contribution in [0.4, 0.5) is 0 Å². The molecule has 1 amide bonds. The lowest BCUT2D eigenvalue weighted by Crippen LogP contribution is -2.49. The minimum absolute atomic E-state index is 0.0158. The molecule has 0 atom stereocenters. The number of carbonyl (C=O) groups is 1. The molecule has 1 fully saturated rings. The molecule has 1 saturated carbocycles. The van der Waals surface area contributed by atoms with Gasteiger partial charge in [0, 0.05) is 18.5 Å². The predicted octanol–water partition coefficient (Wildman–Crippen LogP) is 1.35. The maximum Gasteiger partial charge on any atom is 0.222 e. The van der Waals surface area contributed by atoms with Gasteiger partial charge in [-0.2, -0.15) is 0 Å². The second kappa shape index (κ2) is 5.32. The average Bonchev–Trinajstić information content (AvgIpc) is 2.43. The summed E-state index contributed by atoms with van der Waals surface area (Å²) in [5.74, 6) is 1.53. The maximum atomic E-state index is 11.9. The van der Waals surface area contributed by atoms with Gasteiger partial charge in [-0.1, -0.05) is 6.07 Å². The molecule has 0 aromatic heterocycles. The van der Waals surface area contributed by atoms with Gasteiger partial charge in [0.05, 0.1) is 0 Å². The van der Waals surface area contributed by atoms with Gasteiger partial charge >= 0.3 is 0 Å². The van der Waals surface area contributed by atoms with Crippen molar-refractivity contribution < 1.29 is 14.3 Å². The molecule has 3 rings (SSSR count). The van der Waals surface area contributed by atoms with Gasteiger partial charge in [0.25, 0.3) is 0 Å². The molecule has 0 bridgehead atoms. The lowest BCUT2D eigenvalue weighted by Gasteiger charge is -2.37. The monoisotopic (exact) mass is 276 g/mol. The first kappa shape index (κ1) is 13.2. The van der Waals surface area contributed by atoms with Gasteiger partial charge in [-0.15, -0.1) is 0 Å². The van der Waals surface area contributed by atoms with Gasteiger partial charge in [-0.05, 0) is 37.0 Å². The molecule has 2 aliphatic rings. The predicted molar refractivity (Wildman–Crippen MR) is 74.7 cm³/mol. The average molecular weight is 276 g/mol. The fourth-order valence-corrected chi connectivity index (χ4v) is 2.59. The van der Waals surface area contributed by atoms with Crippen molar-refractivity contribution in [1.29, 1.82) is 0 Å². The van der Waals surface area contributed by atoms with Crippen LogP contribution in [0.2, 0.25) is 0 Å². The molecule has 1 heterocycles. The third-order valence-corrected chi connectivity index (χ3v) is 3.96. The highest BCUT2D eigenvalue weighted by molar-refractivity contribution is 5.77. The van der Waals surface area contributed by atoms with E-state index in [-0.39, 0.29) is 11.4 Å². The number of hydrogen-bond donors (Lipinski definition) is 2. The zero-order valence-electron chi connectivity index (χ0n) is 11.5. The lowest BCUT2D eigenvalue weighted by molar-refractivity contribution is -0.123. The second-order valence-electron chi connectivity index (χ2n) is 5.65. The molecule has 0 saturated heterocycles. The Morgan fingerprint density at radius 3 is 2.70 bits per heavy atom. The second-order valence-corrected chi connectivity index (χ2v) is 5.65. The summed E-state index contributed by atoms with van der Waals surface area (Å²) in [4.78, 5) is 11.9. The summed E-state index contributed by atoms with van der Waals surface area (Å²) < 4.78 is 11.0. The molecular weight excluding hydrogens is 256 g/mol. The van der Waals surface area contributed by atoms with Crippen LogP contribution < -0.4 is 20.5 Å². The van der Waals surface area contributed by atoms with Crippen molar-refractivity contribution in [3.63, 3.8) is 0 Å². The van der Waals surface area contributed by atoms with Crippen LogP contribution in [0.5, 0.6) is 11.5 Å². The van der Waals surface area contributed by atoms with Gasteiger partial charge in [-0.25, -0.2) is 0 Å². The molecule has 0 unspecified atom stereocenters. The van der Waals surface area contributed by atoms with Crippen molar-refractivity contribution in [2.24, 2.45) is 5.73 Å². The van der Waals surface area contributed by atoms with Gasteiger partial charge in [0.2, 0.25) is 5.91 Å². The fraction of sp³-hybridized carbons (Fsp3) is 0.533. The molecule has 20 heavy (non-hydrogen) atoms. The van der Waals surface area contributed by atoms with Crippen LogP contribution in [0.1, 0.15) is 31.2 Å². The van der Waals surface area contributed by atoms with E-state index < -0.39 is 0 Å². The highest BCUT2D eigenvalue weighted by Gasteiger charge is 2.34. The molecule has 0 radical (unpaired) electrons. The van der Waals surface area contributed by atoms with E-state index in [4.69, 9.17) is 15.2 Å². The zero-order chi connectivity index (χ0) is 14.0. The van der Waals surface area contributed by atoms with Gasteiger partial charge in [0.1, 0.15) is 13.2 Å². The number of amides is 1. The van der Waals surface area contributed by atoms with Crippen LogP contribution in [-0.4, -0.2) is 24.7 Å². The van der Waals surface area contributed by atoms with Crippen LogP contribution in [0, 0.1) is 0 Å². The van der Waals surface area contributed by atoms with E-state index in [0.29, 0.717) is 26.2 Å². The van der Waals surface area contributed by atoms with Crippen LogP contribution >= 0.6 is 0 Å². The van der Waals surface area contributed by atoms with E-state index in [1.165, 1.54) is 0 Å². The summed E-state index contributed by atoms with van der Waals surface area (Å²) >= 11 is 0. The number of fused-ring (bicyclic) bond motifs is 1. The summed E-state index contributed by atoms with van der Waals surface area (Å²) in [6.45, 7) is 1.64. The van der Waals surface area contributed by atoms with Crippen molar-refractivity contribution in [1.82, 2.24) is 5.32 Å². The van der Waals surface area contributed by atoms with Gasteiger partial charge in [-0.3, -0.25) is 4.79 Å². The maximum absolute atomic E-state index is 11.9. The van der Waals surface area contributed by atoms with Crippen molar-refractivity contribution in [2.45, 2.75) is 37.8 Å². The molecule has 5 nitrogen and oxygen atoms in total. The zero-order valence-corrected chi connectivity index (χ0v) is 11.5. The van der Waals surface area contributed by atoms with Gasteiger partial charge in [0.15, 0.2) is 11.5 Å². The number of carbonyl (C=O) groups excluding carboxylic acids is 1. The highest BCUT2D eigenvalue weighted by atomic mass is 16.6. The standard InChI is InChI=1S/C15H20N2O3/c16-15(4-1-5-15)9-14(18)17-10-11-2-3-12-13(8-11)20-7-6-19-12/h2-3,8H,1,4-7,9-10,16H2,(H,17,18). The summed E-state index contributed by atoms with van der Waals surface area (Å²) in [5, 5.41) is 2.91. The highest BCUT2D eigenvalue weighted by Crippen LogP contribution is 2.32. The Balaban J connectivity index is 1.54. The third kappa shape index (κ3) is 2.88. The Kier molecular flexibility index (Phi) is 3.53. The van der Waals surface area contributed by atoms with Crippen LogP contribution in [0.25, 0.3) is 0 Å². The fourth-order valence-electron chi connectivity index (χ4n) is 2.59. The largest absolute Gasteiger partial charge is 0.486 e. The topological polar surface area (TPSA) is 73.6 Å². The molecule has 3 N–H and O–H groups in total. The lowest BCUT2D eigenvalue weighted by atomic mass is 9.75. The minimum Gasteiger partial charge on any atom is -0.486 e. The van der Waals surface area contributed by atoms with E-state index in [2.05, 4.69) is 5.32 Å². The Bertz CT molecular complexity index is 512. The van der Waals surface area contributed by atoms with E-state index >= 15 is 0 Å². The number of ether oxygens (including phenoxy) is 2. The molecule has 108 valence electrons. The first-order valence-corrected chi connectivity index (χ1v) is 7.09. The quantitative estimate of drug-likeness (QED) is 0.870. The summed E-state index contributed by atoms with van der Waals surface area (Å²) in [7, 11) is 0. The molecular formula is C15H20N2O3. The first-order valence-electron chi connectivity index (χ1n) is 7.09. The number of hydrogen-bond acceptors (Lipinski definition) is 4. The summed E-state index contributed by atoms with van der Waals surface area (Å²) in [6, 6.07) is 5.73. The summed E-state index contributed by atoms with van der Waals surface area (Å²) in [6.07, 6.45) is 3.44. The molecule has 5 heteroatoms. The normalized spacial score (nSPS) is 19.1. The Morgan fingerprint density at radius 1 is 1.25 bits per heavy atom. The first-order chi connectivity index (χ1) is 9.65. The number of rotatable bonds is 4. The van der Waals surface area contributed by atoms with E-state index in [9.17, 15) is 4.79 Å². The molecule has 1 aromatic rings. The minimum atomic E-state index is -0.267. The van der Waals surface area contributed by atoms with Crippen molar-refractivity contribution in [3.8, 4) is 11.5 Å². The smallest absolute Gasteiger partial charge is 0.222 e. The van der Waals surface area contributed by atoms with E-state index in [0.717, 1.165) is 36.3 Å². The van der Waals surface area contributed by atoms with Gasteiger partial charge < -0.3 is 20.5 Å². The Labute approximate surface area is 118 Å². The van der Waals surface area contributed by atoms with E-state index in [1.807, 2.05) is 18.2 Å². The SMILES string of the molecule is NC1(CC(=O)NCc2ccc3c(c2)OCCO3)CCC1.